The molecule has 0 bridgehead atoms. The van der Waals surface area contributed by atoms with Gasteiger partial charge in [-0.05, 0) is 61.2 Å². The number of amides is 1. The molecule has 2 atom stereocenters. The predicted octanol–water partition coefficient (Wildman–Crippen LogP) is 4.77. The van der Waals surface area contributed by atoms with Gasteiger partial charge in [0, 0.05) is 18.0 Å². The molecule has 2 aliphatic heterocycles. The summed E-state index contributed by atoms with van der Waals surface area (Å²) in [7, 11) is 1.60. The molecular weight excluding hydrogens is 418 g/mol. The summed E-state index contributed by atoms with van der Waals surface area (Å²) in [6.45, 7) is 2.00. The number of hydrogen-bond donors (Lipinski definition) is 1. The number of aliphatic hydroxyl groups excluding tert-OH is 1. The first kappa shape index (κ1) is 21.6. The van der Waals surface area contributed by atoms with Crippen molar-refractivity contribution in [3.8, 4) is 11.5 Å². The lowest BCUT2D eigenvalue weighted by atomic mass is 9.90. The van der Waals surface area contributed by atoms with E-state index < -0.39 is 17.7 Å². The van der Waals surface area contributed by atoms with E-state index in [1.165, 1.54) is 0 Å². The van der Waals surface area contributed by atoms with Crippen molar-refractivity contribution < 1.29 is 24.2 Å². The number of fused-ring (bicyclic) bond motifs is 1. The van der Waals surface area contributed by atoms with Crippen LogP contribution in [-0.4, -0.2) is 41.0 Å². The average molecular weight is 448 g/mol. The first-order valence-electron chi connectivity index (χ1n) is 11.7. The fourth-order valence-electron chi connectivity index (χ4n) is 5.42. The second-order valence-electron chi connectivity index (χ2n) is 9.23. The van der Waals surface area contributed by atoms with Crippen molar-refractivity contribution in [1.29, 1.82) is 0 Å². The highest BCUT2D eigenvalue weighted by Crippen LogP contribution is 2.44. The number of nitrogens with zero attached hydrogens (tertiary/aromatic N) is 1. The molecule has 1 N–H and O–H groups in total. The largest absolute Gasteiger partial charge is 0.507 e. The minimum Gasteiger partial charge on any atom is -0.507 e. The van der Waals surface area contributed by atoms with Crippen molar-refractivity contribution in [3.63, 3.8) is 0 Å². The Morgan fingerprint density at radius 2 is 1.79 bits per heavy atom. The first-order chi connectivity index (χ1) is 16.0. The number of rotatable bonds is 4. The molecule has 2 heterocycles. The van der Waals surface area contributed by atoms with Gasteiger partial charge in [0.1, 0.15) is 23.4 Å². The number of hydrogen-bond acceptors (Lipinski definition) is 5. The molecule has 2 fully saturated rings. The monoisotopic (exact) mass is 447 g/mol. The van der Waals surface area contributed by atoms with E-state index in [1.807, 2.05) is 43.3 Å². The van der Waals surface area contributed by atoms with Crippen LogP contribution in [0.15, 0.2) is 48.0 Å². The summed E-state index contributed by atoms with van der Waals surface area (Å²) in [5.74, 6) is 0.218. The van der Waals surface area contributed by atoms with Crippen molar-refractivity contribution >= 4 is 17.4 Å². The highest BCUT2D eigenvalue weighted by Gasteiger charge is 2.48. The van der Waals surface area contributed by atoms with Crippen molar-refractivity contribution in [3.05, 3.63) is 64.7 Å². The lowest BCUT2D eigenvalue weighted by molar-refractivity contribution is -0.141. The normalized spacial score (nSPS) is 24.6. The highest BCUT2D eigenvalue weighted by atomic mass is 16.5. The van der Waals surface area contributed by atoms with Gasteiger partial charge >= 0.3 is 0 Å². The maximum Gasteiger partial charge on any atom is 0.295 e. The van der Waals surface area contributed by atoms with E-state index in [-0.39, 0.29) is 23.5 Å². The van der Waals surface area contributed by atoms with Gasteiger partial charge in [0.2, 0.25) is 0 Å². The van der Waals surface area contributed by atoms with Gasteiger partial charge in [0.05, 0.1) is 18.7 Å². The smallest absolute Gasteiger partial charge is 0.295 e. The second-order valence-corrected chi connectivity index (χ2v) is 9.23. The minimum atomic E-state index is -0.623. The molecule has 1 aliphatic carbocycles. The zero-order chi connectivity index (χ0) is 23.1. The van der Waals surface area contributed by atoms with Crippen LogP contribution in [0.4, 0.5) is 0 Å². The maximum absolute atomic E-state index is 13.3. The van der Waals surface area contributed by atoms with Crippen LogP contribution in [0, 0.1) is 0 Å². The number of likely N-dealkylation sites (tertiary alicyclic amines) is 1. The summed E-state index contributed by atoms with van der Waals surface area (Å²) in [5, 5.41) is 11.4. The number of carbonyl (C=O) groups is 2. The fourth-order valence-corrected chi connectivity index (χ4v) is 5.42. The second kappa shape index (κ2) is 8.58. The summed E-state index contributed by atoms with van der Waals surface area (Å²) >= 11 is 0. The number of methoxy groups -OCH3 is 1. The molecule has 2 unspecified atom stereocenters. The van der Waals surface area contributed by atoms with Crippen LogP contribution in [0.1, 0.15) is 61.8 Å². The van der Waals surface area contributed by atoms with E-state index in [2.05, 4.69) is 0 Å². The van der Waals surface area contributed by atoms with Crippen molar-refractivity contribution in [2.45, 2.75) is 63.6 Å². The Morgan fingerprint density at radius 1 is 1.06 bits per heavy atom. The Morgan fingerprint density at radius 3 is 2.48 bits per heavy atom. The number of benzene rings is 2. The third-order valence-electron chi connectivity index (χ3n) is 7.05. The first-order valence-corrected chi connectivity index (χ1v) is 11.7. The van der Waals surface area contributed by atoms with E-state index in [9.17, 15) is 14.7 Å². The summed E-state index contributed by atoms with van der Waals surface area (Å²) in [4.78, 5) is 28.3. The van der Waals surface area contributed by atoms with Gasteiger partial charge in [-0.25, -0.2) is 0 Å². The molecule has 0 aromatic heterocycles. The molecular formula is C27H29NO5. The molecule has 33 heavy (non-hydrogen) atoms. The SMILES string of the molecule is COc1ccc(C2/C(=C(/O)c3ccc4c(c3)CC(C)O4)C(=O)C(=O)N2C2CCCCC2)cc1. The van der Waals surface area contributed by atoms with Crippen LogP contribution in [0.5, 0.6) is 11.5 Å². The Bertz CT molecular complexity index is 1110. The Balaban J connectivity index is 1.62. The van der Waals surface area contributed by atoms with Gasteiger partial charge in [-0.15, -0.1) is 0 Å². The molecule has 6 heteroatoms. The molecule has 0 radical (unpaired) electrons. The number of ether oxygens (including phenoxy) is 2. The van der Waals surface area contributed by atoms with Crippen LogP contribution >= 0.6 is 0 Å². The third-order valence-corrected chi connectivity index (χ3v) is 7.05. The Labute approximate surface area is 193 Å². The van der Waals surface area contributed by atoms with Crippen molar-refractivity contribution in [2.24, 2.45) is 0 Å². The molecule has 0 spiro atoms. The molecule has 2 aromatic rings. The van der Waals surface area contributed by atoms with Crippen molar-refractivity contribution in [2.75, 3.05) is 7.11 Å². The summed E-state index contributed by atoms with van der Waals surface area (Å²) < 4.78 is 11.1. The quantitative estimate of drug-likeness (QED) is 0.415. The minimum absolute atomic E-state index is 0.0122. The molecule has 1 amide bonds. The van der Waals surface area contributed by atoms with Crippen LogP contribution in [0.25, 0.3) is 5.76 Å². The van der Waals surface area contributed by atoms with E-state index >= 15 is 0 Å². The third kappa shape index (κ3) is 3.77. The zero-order valence-electron chi connectivity index (χ0n) is 19.0. The topological polar surface area (TPSA) is 76.1 Å². The molecule has 3 aliphatic rings. The van der Waals surface area contributed by atoms with Crippen LogP contribution in [0.2, 0.25) is 0 Å². The van der Waals surface area contributed by atoms with Crippen LogP contribution in [-0.2, 0) is 16.0 Å². The van der Waals surface area contributed by atoms with Gasteiger partial charge in [-0.3, -0.25) is 9.59 Å². The lowest BCUT2D eigenvalue weighted by Crippen LogP contribution is -2.40. The standard InChI is InChI=1S/C27H29NO5/c1-16-14-19-15-18(10-13-22(19)33-16)25(29)23-24(17-8-11-21(32-2)12-9-17)28(27(31)26(23)30)20-6-4-3-5-7-20/h8-13,15-16,20,24,29H,3-7,14H2,1-2H3/b25-23-. The Kier molecular flexibility index (Phi) is 5.60. The summed E-state index contributed by atoms with van der Waals surface area (Å²) in [6, 6.07) is 12.2. The molecule has 2 aromatic carbocycles. The highest BCUT2D eigenvalue weighted by molar-refractivity contribution is 6.46. The molecule has 5 rings (SSSR count). The predicted molar refractivity (Wildman–Crippen MR) is 124 cm³/mol. The van der Waals surface area contributed by atoms with Crippen LogP contribution in [0.3, 0.4) is 0 Å². The van der Waals surface area contributed by atoms with Gasteiger partial charge in [-0.2, -0.15) is 0 Å². The molecule has 6 nitrogen and oxygen atoms in total. The van der Waals surface area contributed by atoms with E-state index in [0.717, 1.165) is 55.4 Å². The Hall–Kier alpha value is -3.28. The van der Waals surface area contributed by atoms with Gasteiger partial charge < -0.3 is 19.5 Å². The fraction of sp³-hybridized carbons (Fsp3) is 0.407. The van der Waals surface area contributed by atoms with Gasteiger partial charge in [0.25, 0.3) is 11.7 Å². The zero-order valence-corrected chi connectivity index (χ0v) is 19.0. The number of carbonyl (C=O) groups excluding carboxylic acids is 2. The van der Waals surface area contributed by atoms with Crippen molar-refractivity contribution in [1.82, 2.24) is 4.90 Å². The van der Waals surface area contributed by atoms with E-state index in [4.69, 9.17) is 9.47 Å². The number of Topliss-reactive ketones (excluding diaryl/α,β-unsaturated/α-hetero) is 1. The summed E-state index contributed by atoms with van der Waals surface area (Å²) in [5.41, 5.74) is 2.48. The number of aliphatic hydroxyl groups is 1. The van der Waals surface area contributed by atoms with Gasteiger partial charge in [0.15, 0.2) is 0 Å². The summed E-state index contributed by atoms with van der Waals surface area (Å²) in [6.07, 6.45) is 5.77. The maximum atomic E-state index is 13.3. The average Bonchev–Trinajstić information content (AvgIpc) is 3.34. The van der Waals surface area contributed by atoms with Gasteiger partial charge in [-0.1, -0.05) is 31.4 Å². The van der Waals surface area contributed by atoms with E-state index in [0.29, 0.717) is 11.3 Å². The molecule has 1 saturated carbocycles. The van der Waals surface area contributed by atoms with E-state index in [1.54, 1.807) is 18.1 Å². The number of ketones is 1. The molecule has 172 valence electrons. The van der Waals surface area contributed by atoms with Crippen LogP contribution < -0.4 is 9.47 Å². The lowest BCUT2D eigenvalue weighted by Gasteiger charge is -2.35. The molecule has 1 saturated heterocycles.